The van der Waals surface area contributed by atoms with Crippen LogP contribution in [0.15, 0.2) is 30.3 Å². The molecule has 2 fully saturated rings. The summed E-state index contributed by atoms with van der Waals surface area (Å²) in [4.78, 5) is 30.5. The van der Waals surface area contributed by atoms with Gasteiger partial charge in [0.2, 0.25) is 5.91 Å². The Hall–Kier alpha value is -2.06. The van der Waals surface area contributed by atoms with Crippen molar-refractivity contribution in [3.63, 3.8) is 0 Å². The van der Waals surface area contributed by atoms with E-state index < -0.39 is 41.0 Å². The summed E-state index contributed by atoms with van der Waals surface area (Å²) in [5.41, 5.74) is -0.776. The third kappa shape index (κ3) is 5.31. The Morgan fingerprint density at radius 2 is 1.82 bits per heavy atom. The molecule has 0 radical (unpaired) electrons. The van der Waals surface area contributed by atoms with Gasteiger partial charge in [0.1, 0.15) is 22.8 Å². The van der Waals surface area contributed by atoms with Crippen molar-refractivity contribution in [2.45, 2.75) is 82.7 Å². The molecule has 9 heteroatoms. The summed E-state index contributed by atoms with van der Waals surface area (Å²) in [5, 5.41) is 6.15. The van der Waals surface area contributed by atoms with Crippen LogP contribution in [0.4, 0.5) is 14.5 Å². The van der Waals surface area contributed by atoms with Crippen LogP contribution >= 0.6 is 23.2 Å². The van der Waals surface area contributed by atoms with Crippen LogP contribution in [0.25, 0.3) is 0 Å². The van der Waals surface area contributed by atoms with Crippen molar-refractivity contribution in [3.8, 4) is 0 Å². The molecule has 2 N–H and O–H groups in total. The Labute approximate surface area is 245 Å². The minimum absolute atomic E-state index is 0.0859. The molecule has 0 bridgehead atoms. The van der Waals surface area contributed by atoms with Crippen LogP contribution in [-0.2, 0) is 15.0 Å². The van der Waals surface area contributed by atoms with E-state index in [1.165, 1.54) is 31.0 Å². The van der Waals surface area contributed by atoms with Crippen LogP contribution in [-0.4, -0.2) is 48.3 Å². The average molecular weight is 593 g/mol. The quantitative estimate of drug-likeness (QED) is 0.329. The molecule has 4 atom stereocenters. The average Bonchev–Trinajstić information content (AvgIpc) is 3.57. The van der Waals surface area contributed by atoms with Crippen LogP contribution in [0, 0.1) is 17.0 Å². The minimum atomic E-state index is -1.45. The number of fused-ring (bicyclic) bond motifs is 2. The van der Waals surface area contributed by atoms with Gasteiger partial charge >= 0.3 is 0 Å². The SMILES string of the molecule is CC(C)(C)C[C@H]1N[C@@H](C(=O)CCCCN2CCCC2)[C@H](c2cccc(Cl)c2F)[C@@]12C(=O)Nc1cc(Cl)c(F)cc12. The highest BCUT2D eigenvalue weighted by atomic mass is 35.5. The number of unbranched alkanes of at least 4 members (excludes halogenated alkanes) is 1. The number of hydrogen-bond acceptors (Lipinski definition) is 4. The van der Waals surface area contributed by atoms with Crippen molar-refractivity contribution in [2.24, 2.45) is 5.41 Å². The fourth-order valence-corrected chi connectivity index (χ4v) is 7.36. The molecule has 2 aromatic rings. The molecule has 0 aromatic heterocycles. The minimum Gasteiger partial charge on any atom is -0.325 e. The van der Waals surface area contributed by atoms with Crippen molar-refractivity contribution < 1.29 is 18.4 Å². The number of carbonyl (C=O) groups is 2. The lowest BCUT2D eigenvalue weighted by atomic mass is 9.62. The van der Waals surface area contributed by atoms with Crippen molar-refractivity contribution >= 4 is 40.6 Å². The van der Waals surface area contributed by atoms with Crippen molar-refractivity contribution in [1.82, 2.24) is 10.2 Å². The zero-order valence-corrected chi connectivity index (χ0v) is 24.8. The van der Waals surface area contributed by atoms with E-state index in [1.54, 1.807) is 12.1 Å². The highest BCUT2D eigenvalue weighted by Crippen LogP contribution is 2.57. The van der Waals surface area contributed by atoms with Gasteiger partial charge in [-0.25, -0.2) is 8.78 Å². The van der Waals surface area contributed by atoms with E-state index in [2.05, 4.69) is 15.5 Å². The summed E-state index contributed by atoms with van der Waals surface area (Å²) in [7, 11) is 0. The first-order valence-corrected chi connectivity index (χ1v) is 14.9. The first-order valence-electron chi connectivity index (χ1n) is 14.2. The molecule has 0 saturated carbocycles. The topological polar surface area (TPSA) is 61.4 Å². The Bertz CT molecular complexity index is 1310. The van der Waals surface area contributed by atoms with E-state index in [4.69, 9.17) is 23.2 Å². The molecule has 0 aliphatic carbocycles. The molecule has 0 unspecified atom stereocenters. The molecule has 3 heterocycles. The zero-order valence-electron chi connectivity index (χ0n) is 23.3. The molecule has 2 saturated heterocycles. The second kappa shape index (κ2) is 11.3. The van der Waals surface area contributed by atoms with Crippen LogP contribution in [0.2, 0.25) is 10.0 Å². The number of carbonyl (C=O) groups excluding carboxylic acids is 2. The van der Waals surface area contributed by atoms with Crippen LogP contribution in [0.3, 0.4) is 0 Å². The Morgan fingerprint density at radius 3 is 2.52 bits per heavy atom. The summed E-state index contributed by atoms with van der Waals surface area (Å²) in [5.74, 6) is -2.77. The molecule has 3 aliphatic heterocycles. The van der Waals surface area contributed by atoms with E-state index in [9.17, 15) is 9.59 Å². The van der Waals surface area contributed by atoms with E-state index in [0.29, 0.717) is 30.5 Å². The fourth-order valence-electron chi connectivity index (χ4n) is 7.01. The zero-order chi connectivity index (χ0) is 28.8. The first kappa shape index (κ1) is 29.4. The van der Waals surface area contributed by atoms with Gasteiger partial charge in [0, 0.05) is 24.1 Å². The van der Waals surface area contributed by atoms with E-state index in [-0.39, 0.29) is 26.8 Å². The second-order valence-electron chi connectivity index (χ2n) is 12.7. The monoisotopic (exact) mass is 591 g/mol. The largest absolute Gasteiger partial charge is 0.325 e. The maximum atomic E-state index is 15.8. The number of Topliss-reactive ketones (excluding diaryl/α,β-unsaturated/α-hetero) is 1. The third-order valence-corrected chi connectivity index (χ3v) is 9.29. The number of benzene rings is 2. The fraction of sp³-hybridized carbons (Fsp3) is 0.548. The second-order valence-corrected chi connectivity index (χ2v) is 13.5. The molecular formula is C31H37Cl2F2N3O2. The molecule has 1 spiro atoms. The van der Waals surface area contributed by atoms with Crippen molar-refractivity contribution in [1.29, 1.82) is 0 Å². The number of nitrogens with zero attached hydrogens (tertiary/aromatic N) is 1. The summed E-state index contributed by atoms with van der Waals surface area (Å²) in [6.07, 6.45) is 4.79. The van der Waals surface area contributed by atoms with Gasteiger partial charge in [0.25, 0.3) is 0 Å². The van der Waals surface area contributed by atoms with E-state index >= 15 is 8.78 Å². The number of likely N-dealkylation sites (tertiary alicyclic amines) is 1. The van der Waals surface area contributed by atoms with Gasteiger partial charge < -0.3 is 15.5 Å². The Morgan fingerprint density at radius 1 is 1.10 bits per heavy atom. The maximum absolute atomic E-state index is 15.8. The van der Waals surface area contributed by atoms with E-state index in [0.717, 1.165) is 26.1 Å². The van der Waals surface area contributed by atoms with Gasteiger partial charge in [-0.3, -0.25) is 9.59 Å². The van der Waals surface area contributed by atoms with Gasteiger partial charge in [0.05, 0.1) is 16.1 Å². The third-order valence-electron chi connectivity index (χ3n) is 8.71. The summed E-state index contributed by atoms with van der Waals surface area (Å²) in [6, 6.07) is 5.88. The van der Waals surface area contributed by atoms with Gasteiger partial charge in [-0.2, -0.15) is 0 Å². The lowest BCUT2D eigenvalue weighted by molar-refractivity contribution is -0.122. The lowest BCUT2D eigenvalue weighted by Crippen LogP contribution is -2.49. The summed E-state index contributed by atoms with van der Waals surface area (Å²) < 4.78 is 30.8. The predicted octanol–water partition coefficient (Wildman–Crippen LogP) is 6.86. The highest BCUT2D eigenvalue weighted by molar-refractivity contribution is 6.31. The number of rotatable bonds is 8. The van der Waals surface area contributed by atoms with E-state index in [1.807, 2.05) is 20.8 Å². The smallest absolute Gasteiger partial charge is 0.237 e. The standard InChI is InChI=1S/C31H37Cl2F2N3O2/c1-30(2,3)17-25-31(19-15-22(34)21(33)16-23(19)36-29(31)40)26(18-9-8-10-20(32)27(18)35)28(37-25)24(39)11-4-5-12-38-13-6-7-14-38/h8-10,15-16,25-26,28,37H,4-7,11-14,17H2,1-3H3,(H,36,40)/t25-,26+,28+,31+/m1/s1. The molecule has 40 heavy (non-hydrogen) atoms. The lowest BCUT2D eigenvalue weighted by Gasteiger charge is -2.37. The number of anilines is 1. The maximum Gasteiger partial charge on any atom is 0.237 e. The number of nitrogens with one attached hydrogen (secondary N) is 2. The molecule has 5 nitrogen and oxygen atoms in total. The van der Waals surface area contributed by atoms with Gasteiger partial charge in [-0.15, -0.1) is 0 Å². The van der Waals surface area contributed by atoms with Crippen molar-refractivity contribution in [3.05, 3.63) is 63.1 Å². The molecular weight excluding hydrogens is 555 g/mol. The van der Waals surface area contributed by atoms with Crippen molar-refractivity contribution in [2.75, 3.05) is 25.0 Å². The van der Waals surface area contributed by atoms with Gasteiger partial charge in [-0.05, 0) is 86.5 Å². The van der Waals surface area contributed by atoms with Crippen LogP contribution in [0.5, 0.6) is 0 Å². The Balaban J connectivity index is 1.59. The molecule has 2 aromatic carbocycles. The van der Waals surface area contributed by atoms with Crippen LogP contribution in [0.1, 0.15) is 76.3 Å². The van der Waals surface area contributed by atoms with Gasteiger partial charge in [-0.1, -0.05) is 56.1 Å². The molecule has 3 aliphatic rings. The van der Waals surface area contributed by atoms with Gasteiger partial charge in [0.15, 0.2) is 0 Å². The number of amides is 1. The Kier molecular flexibility index (Phi) is 8.33. The highest BCUT2D eigenvalue weighted by Gasteiger charge is 2.66. The number of ketones is 1. The predicted molar refractivity (Wildman–Crippen MR) is 155 cm³/mol. The number of hydrogen-bond donors (Lipinski definition) is 2. The molecule has 5 rings (SSSR count). The molecule has 1 amide bonds. The normalized spacial score (nSPS) is 26.5. The summed E-state index contributed by atoms with van der Waals surface area (Å²) in [6.45, 7) is 9.27. The summed E-state index contributed by atoms with van der Waals surface area (Å²) >= 11 is 12.3. The number of halogens is 4. The molecule has 216 valence electrons. The first-order chi connectivity index (χ1) is 18.9. The van der Waals surface area contributed by atoms with Crippen LogP contribution < -0.4 is 10.6 Å².